The Bertz CT molecular complexity index is 350. The van der Waals surface area contributed by atoms with Gasteiger partial charge in [-0.2, -0.15) is 31.0 Å². The van der Waals surface area contributed by atoms with Gasteiger partial charge in [-0.15, -0.1) is 12.4 Å². The van der Waals surface area contributed by atoms with Crippen LogP contribution >= 0.6 is 12.4 Å². The topological polar surface area (TPSA) is 84.2 Å². The maximum absolute atomic E-state index is 11.9. The summed E-state index contributed by atoms with van der Waals surface area (Å²) in [6.45, 7) is -1.24. The molecule has 0 aromatic carbocycles. The first kappa shape index (κ1) is 17.9. The van der Waals surface area contributed by atoms with Crippen LogP contribution in [0.25, 0.3) is 0 Å². The van der Waals surface area contributed by atoms with E-state index in [1.807, 2.05) is 0 Å². The summed E-state index contributed by atoms with van der Waals surface area (Å²) in [7, 11) is -4.12. The zero-order chi connectivity index (χ0) is 13.1. The van der Waals surface area contributed by atoms with E-state index in [0.29, 0.717) is 13.0 Å². The Morgan fingerprint density at radius 3 is 2.39 bits per heavy atom. The van der Waals surface area contributed by atoms with Crippen molar-refractivity contribution in [3.05, 3.63) is 0 Å². The largest absolute Gasteiger partial charge is 0.402 e. The molecular formula is C8H17ClF3N3O2S. The molecule has 0 radical (unpaired) electrons. The number of hydrogen-bond acceptors (Lipinski definition) is 3. The second-order valence-electron chi connectivity index (χ2n) is 4.09. The lowest BCUT2D eigenvalue weighted by Crippen LogP contribution is -2.47. The number of alkyl halides is 3. The number of rotatable bonds is 5. The predicted molar refractivity (Wildman–Crippen MR) is 63.5 cm³/mol. The van der Waals surface area contributed by atoms with Crippen LogP contribution in [0.1, 0.15) is 19.3 Å². The molecule has 1 fully saturated rings. The van der Waals surface area contributed by atoms with Crippen molar-refractivity contribution in [1.82, 2.24) is 9.44 Å². The first-order valence-corrected chi connectivity index (χ1v) is 6.75. The summed E-state index contributed by atoms with van der Waals surface area (Å²) in [6.07, 6.45) is -2.33. The van der Waals surface area contributed by atoms with Crippen LogP contribution in [0.3, 0.4) is 0 Å². The van der Waals surface area contributed by atoms with E-state index in [-0.39, 0.29) is 24.4 Å². The van der Waals surface area contributed by atoms with Gasteiger partial charge in [0.05, 0.1) is 0 Å². The van der Waals surface area contributed by atoms with Crippen LogP contribution in [0.4, 0.5) is 13.2 Å². The molecule has 0 aromatic heterocycles. The van der Waals surface area contributed by atoms with Crippen molar-refractivity contribution in [2.24, 2.45) is 11.7 Å². The van der Waals surface area contributed by atoms with E-state index in [4.69, 9.17) is 5.73 Å². The van der Waals surface area contributed by atoms with Gasteiger partial charge in [-0.3, -0.25) is 0 Å². The zero-order valence-electron chi connectivity index (χ0n) is 9.53. The van der Waals surface area contributed by atoms with Gasteiger partial charge in [0, 0.05) is 6.04 Å². The minimum absolute atomic E-state index is 0. The van der Waals surface area contributed by atoms with Gasteiger partial charge in [0.25, 0.3) is 10.2 Å². The molecule has 110 valence electrons. The number of nitrogens with one attached hydrogen (secondary N) is 2. The molecule has 0 heterocycles. The SMILES string of the molecule is Cl.NCC1CCCC1NS(=O)(=O)NCC(F)(F)F. The summed E-state index contributed by atoms with van der Waals surface area (Å²) in [4.78, 5) is 0. The van der Waals surface area contributed by atoms with E-state index in [0.717, 1.165) is 12.8 Å². The fourth-order valence-corrected chi connectivity index (χ4v) is 3.04. The first-order valence-electron chi connectivity index (χ1n) is 5.27. The Morgan fingerprint density at radius 2 is 1.89 bits per heavy atom. The summed E-state index contributed by atoms with van der Waals surface area (Å²) in [5, 5.41) is 0. The fraction of sp³-hybridized carbons (Fsp3) is 1.00. The first-order chi connectivity index (χ1) is 7.73. The van der Waals surface area contributed by atoms with Gasteiger partial charge in [0.15, 0.2) is 0 Å². The minimum Gasteiger partial charge on any atom is -0.330 e. The monoisotopic (exact) mass is 311 g/mol. The van der Waals surface area contributed by atoms with E-state index in [2.05, 4.69) is 4.72 Å². The van der Waals surface area contributed by atoms with Gasteiger partial charge in [0.2, 0.25) is 0 Å². The lowest BCUT2D eigenvalue weighted by atomic mass is 10.1. The Labute approximate surface area is 110 Å². The molecule has 4 N–H and O–H groups in total. The lowest BCUT2D eigenvalue weighted by Gasteiger charge is -2.19. The third kappa shape index (κ3) is 6.19. The third-order valence-corrected chi connectivity index (χ3v) is 3.87. The molecule has 18 heavy (non-hydrogen) atoms. The summed E-state index contributed by atoms with van der Waals surface area (Å²) in [6, 6.07) is -0.370. The Morgan fingerprint density at radius 1 is 1.28 bits per heavy atom. The number of nitrogens with two attached hydrogens (primary N) is 1. The van der Waals surface area contributed by atoms with Crippen LogP contribution in [0, 0.1) is 5.92 Å². The van der Waals surface area contributed by atoms with Crippen LogP contribution in [0.15, 0.2) is 0 Å². The summed E-state index contributed by atoms with van der Waals surface area (Å²) >= 11 is 0. The van der Waals surface area contributed by atoms with Crippen LogP contribution < -0.4 is 15.2 Å². The highest BCUT2D eigenvalue weighted by molar-refractivity contribution is 7.87. The highest BCUT2D eigenvalue weighted by Gasteiger charge is 2.33. The Hall–Kier alpha value is -0.0900. The van der Waals surface area contributed by atoms with E-state index in [1.165, 1.54) is 4.72 Å². The van der Waals surface area contributed by atoms with Gasteiger partial charge in [-0.05, 0) is 25.3 Å². The molecule has 1 rings (SSSR count). The molecule has 1 saturated carbocycles. The Balaban J connectivity index is 0.00000289. The normalized spacial score (nSPS) is 24.9. The standard InChI is InChI=1S/C8H16F3N3O2S.ClH/c9-8(10,11)5-13-17(15,16)14-7-3-1-2-6(7)4-12;/h6-7,13-14H,1-5,12H2;1H. The van der Waals surface area contributed by atoms with Crippen LogP contribution in [-0.2, 0) is 10.2 Å². The predicted octanol–water partition coefficient (Wildman–Crippen LogP) is 0.522. The van der Waals surface area contributed by atoms with Gasteiger partial charge in [-0.1, -0.05) is 6.42 Å². The van der Waals surface area contributed by atoms with Crippen molar-refractivity contribution < 1.29 is 21.6 Å². The zero-order valence-corrected chi connectivity index (χ0v) is 11.2. The summed E-state index contributed by atoms with van der Waals surface area (Å²) in [5.41, 5.74) is 5.45. The van der Waals surface area contributed by atoms with Crippen LogP contribution in [0.2, 0.25) is 0 Å². The lowest BCUT2D eigenvalue weighted by molar-refractivity contribution is -0.121. The van der Waals surface area contributed by atoms with Crippen molar-refractivity contribution >= 4 is 22.6 Å². The molecule has 0 aliphatic heterocycles. The van der Waals surface area contributed by atoms with Crippen molar-refractivity contribution in [3.8, 4) is 0 Å². The highest BCUT2D eigenvalue weighted by Crippen LogP contribution is 2.25. The van der Waals surface area contributed by atoms with E-state index in [9.17, 15) is 21.6 Å². The van der Waals surface area contributed by atoms with Crippen molar-refractivity contribution in [1.29, 1.82) is 0 Å². The molecule has 0 spiro atoms. The summed E-state index contributed by atoms with van der Waals surface area (Å²) < 4.78 is 61.9. The molecule has 0 saturated heterocycles. The third-order valence-electron chi connectivity index (χ3n) is 2.73. The molecule has 2 atom stereocenters. The van der Waals surface area contributed by atoms with E-state index in [1.54, 1.807) is 0 Å². The van der Waals surface area contributed by atoms with Gasteiger partial charge >= 0.3 is 6.18 Å². The molecule has 1 aliphatic rings. The second-order valence-corrected chi connectivity index (χ2v) is 5.62. The maximum atomic E-state index is 11.9. The van der Waals surface area contributed by atoms with Crippen LogP contribution in [-0.4, -0.2) is 33.7 Å². The minimum atomic E-state index is -4.56. The summed E-state index contributed by atoms with van der Waals surface area (Å²) in [5.74, 6) is -0.00235. The number of halogens is 4. The quantitative estimate of drug-likeness (QED) is 0.692. The van der Waals surface area contributed by atoms with Gasteiger partial charge < -0.3 is 5.73 Å². The molecule has 10 heteroatoms. The number of hydrogen-bond donors (Lipinski definition) is 3. The van der Waals surface area contributed by atoms with E-state index >= 15 is 0 Å². The molecule has 1 aliphatic carbocycles. The highest BCUT2D eigenvalue weighted by atomic mass is 35.5. The average molecular weight is 312 g/mol. The van der Waals surface area contributed by atoms with Gasteiger partial charge in [-0.25, -0.2) is 0 Å². The maximum Gasteiger partial charge on any atom is 0.402 e. The second kappa shape index (κ2) is 6.90. The van der Waals surface area contributed by atoms with Crippen molar-refractivity contribution in [3.63, 3.8) is 0 Å². The van der Waals surface area contributed by atoms with E-state index < -0.39 is 22.9 Å². The van der Waals surface area contributed by atoms with Crippen molar-refractivity contribution in [2.75, 3.05) is 13.1 Å². The molecule has 5 nitrogen and oxygen atoms in total. The van der Waals surface area contributed by atoms with Crippen molar-refractivity contribution in [2.45, 2.75) is 31.5 Å². The molecule has 0 bridgehead atoms. The molecule has 2 unspecified atom stereocenters. The van der Waals surface area contributed by atoms with Crippen LogP contribution in [0.5, 0.6) is 0 Å². The molecular weight excluding hydrogens is 295 g/mol. The molecule has 0 amide bonds. The smallest absolute Gasteiger partial charge is 0.330 e. The van der Waals surface area contributed by atoms with Gasteiger partial charge in [0.1, 0.15) is 6.54 Å². The Kier molecular flexibility index (Phi) is 6.86. The molecule has 0 aromatic rings. The fourth-order valence-electron chi connectivity index (χ4n) is 1.89. The average Bonchev–Trinajstić information content (AvgIpc) is 2.61.